The third-order valence-electron chi connectivity index (χ3n) is 4.71. The Morgan fingerprint density at radius 1 is 1.11 bits per heavy atom. The van der Waals surface area contributed by atoms with E-state index in [9.17, 15) is 14.4 Å². The Morgan fingerprint density at radius 2 is 1.74 bits per heavy atom. The number of nitrogens with zero attached hydrogens (tertiary/aromatic N) is 1. The molecule has 2 unspecified atom stereocenters. The lowest BCUT2D eigenvalue weighted by atomic mass is 9.96. The van der Waals surface area contributed by atoms with Crippen molar-refractivity contribution in [1.82, 2.24) is 10.2 Å². The third-order valence-corrected chi connectivity index (χ3v) is 4.71. The zero-order valence-corrected chi connectivity index (χ0v) is 17.3. The van der Waals surface area contributed by atoms with Gasteiger partial charge in [0.25, 0.3) is 0 Å². The minimum absolute atomic E-state index is 0.0873. The first kappa shape index (κ1) is 24.9. The summed E-state index contributed by atoms with van der Waals surface area (Å²) < 4.78 is 4.82. The summed E-state index contributed by atoms with van der Waals surface area (Å²) in [6, 6.07) is -1.38. The fourth-order valence-electron chi connectivity index (χ4n) is 2.70. The Morgan fingerprint density at radius 3 is 2.30 bits per heavy atom. The molecule has 0 radical (unpaired) electrons. The molecule has 0 aliphatic carbocycles. The molecule has 0 heterocycles. The van der Waals surface area contributed by atoms with Crippen LogP contribution >= 0.6 is 0 Å². The monoisotopic (exact) mass is 380 g/mol. The van der Waals surface area contributed by atoms with Crippen molar-refractivity contribution in [2.45, 2.75) is 70.9 Å². The van der Waals surface area contributed by atoms with Crippen LogP contribution in [-0.4, -0.2) is 48.9 Å². The predicted molar refractivity (Wildman–Crippen MR) is 108 cm³/mol. The fourth-order valence-corrected chi connectivity index (χ4v) is 2.70. The van der Waals surface area contributed by atoms with Crippen LogP contribution in [0.4, 0.5) is 0 Å². The van der Waals surface area contributed by atoms with Gasteiger partial charge in [-0.1, -0.05) is 19.1 Å². The summed E-state index contributed by atoms with van der Waals surface area (Å²) in [4.78, 5) is 38.3. The van der Waals surface area contributed by atoms with E-state index in [-0.39, 0.29) is 17.7 Å². The Hall–Kier alpha value is -2.11. The first-order valence-electron chi connectivity index (χ1n) is 9.64. The van der Waals surface area contributed by atoms with E-state index in [0.717, 1.165) is 32.1 Å². The van der Waals surface area contributed by atoms with E-state index in [4.69, 9.17) is 4.74 Å². The van der Waals surface area contributed by atoms with Crippen LogP contribution in [0.1, 0.15) is 58.8 Å². The molecule has 6 heteroatoms. The van der Waals surface area contributed by atoms with Gasteiger partial charge in [0.1, 0.15) is 12.1 Å². The maximum Gasteiger partial charge on any atom is 0.328 e. The number of methoxy groups -OCH3 is 1. The molecule has 0 fully saturated rings. The highest BCUT2D eigenvalue weighted by Crippen LogP contribution is 2.15. The number of nitrogens with one attached hydrogen (secondary N) is 1. The molecule has 0 saturated heterocycles. The molecule has 0 aromatic carbocycles. The lowest BCUT2D eigenvalue weighted by Crippen LogP contribution is -2.51. The summed E-state index contributed by atoms with van der Waals surface area (Å²) in [5, 5.41) is 2.74. The number of ether oxygens (including phenoxy) is 1. The number of likely N-dealkylation sites (N-methyl/N-ethyl adjacent to an activating group) is 1. The van der Waals surface area contributed by atoms with E-state index >= 15 is 0 Å². The second-order valence-electron chi connectivity index (χ2n) is 7.01. The second-order valence-corrected chi connectivity index (χ2v) is 7.01. The molecule has 3 atom stereocenters. The van der Waals surface area contributed by atoms with Crippen molar-refractivity contribution >= 4 is 17.8 Å². The van der Waals surface area contributed by atoms with Crippen LogP contribution in [0.5, 0.6) is 0 Å². The van der Waals surface area contributed by atoms with E-state index in [2.05, 4.69) is 18.5 Å². The van der Waals surface area contributed by atoms with Gasteiger partial charge in [0.15, 0.2) is 0 Å². The van der Waals surface area contributed by atoms with Crippen molar-refractivity contribution in [1.29, 1.82) is 0 Å². The first-order valence-corrected chi connectivity index (χ1v) is 9.64. The summed E-state index contributed by atoms with van der Waals surface area (Å²) in [5.74, 6) is -0.690. The molecule has 27 heavy (non-hydrogen) atoms. The van der Waals surface area contributed by atoms with Gasteiger partial charge in [-0.25, -0.2) is 4.79 Å². The molecule has 154 valence electrons. The van der Waals surface area contributed by atoms with Crippen LogP contribution in [0.25, 0.3) is 0 Å². The van der Waals surface area contributed by atoms with E-state index in [0.29, 0.717) is 12.8 Å². The summed E-state index contributed by atoms with van der Waals surface area (Å²) in [6.07, 6.45) is 8.80. The highest BCUT2D eigenvalue weighted by molar-refractivity contribution is 5.90. The van der Waals surface area contributed by atoms with Crippen molar-refractivity contribution in [3.8, 4) is 0 Å². The number of hydrogen-bond acceptors (Lipinski definition) is 4. The van der Waals surface area contributed by atoms with Crippen LogP contribution in [0, 0.1) is 5.92 Å². The molecule has 0 saturated carbocycles. The van der Waals surface area contributed by atoms with Gasteiger partial charge in [0.05, 0.1) is 7.11 Å². The lowest BCUT2D eigenvalue weighted by molar-refractivity contribution is -0.146. The number of unbranched alkanes of at least 4 members (excludes halogenated alkanes) is 2. The van der Waals surface area contributed by atoms with Gasteiger partial charge < -0.3 is 15.0 Å². The van der Waals surface area contributed by atoms with E-state index < -0.39 is 18.1 Å². The number of carbonyl (C=O) groups is 3. The quantitative estimate of drug-likeness (QED) is 0.285. The molecule has 0 spiro atoms. The van der Waals surface area contributed by atoms with Crippen molar-refractivity contribution in [2.75, 3.05) is 14.2 Å². The minimum Gasteiger partial charge on any atom is -0.467 e. The molecule has 2 amide bonds. The van der Waals surface area contributed by atoms with E-state index in [1.54, 1.807) is 14.0 Å². The molecule has 0 aliphatic rings. The fraction of sp³-hybridized carbons (Fsp3) is 0.667. The van der Waals surface area contributed by atoms with Crippen LogP contribution in [0.15, 0.2) is 25.3 Å². The number of allylic oxidation sites excluding steroid dienone is 2. The zero-order chi connectivity index (χ0) is 20.8. The maximum absolute atomic E-state index is 12.5. The molecule has 0 aliphatic heterocycles. The number of rotatable bonds is 14. The number of carbonyl (C=O) groups excluding carboxylic acids is 3. The predicted octanol–water partition coefficient (Wildman–Crippen LogP) is 3.23. The molecule has 0 aromatic rings. The standard InChI is InChI=1S/C21H36N2O4/c1-7-9-11-12-14-19(24)23(5)17(4)20(25)22-18(21(26)27-6)15-16(3)13-10-8-2/h7-8,16-18H,1-2,9-15H2,3-6H3,(H,22,25)/t16?,17-,18?/m0/s1. The van der Waals surface area contributed by atoms with Crippen LogP contribution in [0.3, 0.4) is 0 Å². The maximum atomic E-state index is 12.5. The largest absolute Gasteiger partial charge is 0.467 e. The van der Waals surface area contributed by atoms with Gasteiger partial charge in [-0.2, -0.15) is 0 Å². The zero-order valence-electron chi connectivity index (χ0n) is 17.3. The normalized spacial score (nSPS) is 13.8. The van der Waals surface area contributed by atoms with Crippen molar-refractivity contribution in [3.05, 3.63) is 25.3 Å². The molecule has 0 aromatic heterocycles. The van der Waals surface area contributed by atoms with Gasteiger partial charge in [0, 0.05) is 13.5 Å². The molecule has 6 nitrogen and oxygen atoms in total. The summed E-state index contributed by atoms with van der Waals surface area (Å²) in [5.41, 5.74) is 0. The SMILES string of the molecule is C=CCCCCC(=O)N(C)[C@@H](C)C(=O)NC(CC(C)CCC=C)C(=O)OC. The minimum atomic E-state index is -0.721. The lowest BCUT2D eigenvalue weighted by Gasteiger charge is -2.27. The number of esters is 1. The van der Waals surface area contributed by atoms with E-state index in [1.807, 2.05) is 19.1 Å². The average molecular weight is 381 g/mol. The molecule has 0 rings (SSSR count). The molecular weight excluding hydrogens is 344 g/mol. The average Bonchev–Trinajstić information content (AvgIpc) is 2.66. The Bertz CT molecular complexity index is 504. The van der Waals surface area contributed by atoms with Gasteiger partial charge in [0.2, 0.25) is 11.8 Å². The summed E-state index contributed by atoms with van der Waals surface area (Å²) in [6.45, 7) is 11.0. The Balaban J connectivity index is 4.74. The van der Waals surface area contributed by atoms with Gasteiger partial charge in [-0.05, 0) is 51.4 Å². The van der Waals surface area contributed by atoms with Gasteiger partial charge >= 0.3 is 5.97 Å². The third kappa shape index (κ3) is 9.97. The van der Waals surface area contributed by atoms with Crippen molar-refractivity contribution in [2.24, 2.45) is 5.92 Å². The first-order chi connectivity index (χ1) is 12.8. The highest BCUT2D eigenvalue weighted by Gasteiger charge is 2.28. The van der Waals surface area contributed by atoms with Gasteiger partial charge in [-0.3, -0.25) is 9.59 Å². The smallest absolute Gasteiger partial charge is 0.328 e. The second kappa shape index (κ2) is 14.0. The van der Waals surface area contributed by atoms with Gasteiger partial charge in [-0.15, -0.1) is 13.2 Å². The number of amides is 2. The topological polar surface area (TPSA) is 75.7 Å². The molecule has 1 N–H and O–H groups in total. The number of hydrogen-bond donors (Lipinski definition) is 1. The summed E-state index contributed by atoms with van der Waals surface area (Å²) in [7, 11) is 2.91. The van der Waals surface area contributed by atoms with Crippen molar-refractivity contribution in [3.63, 3.8) is 0 Å². The molecular formula is C21H36N2O4. The Kier molecular flexibility index (Phi) is 12.9. The van der Waals surface area contributed by atoms with E-state index in [1.165, 1.54) is 12.0 Å². The van der Waals surface area contributed by atoms with Crippen molar-refractivity contribution < 1.29 is 19.1 Å². The highest BCUT2D eigenvalue weighted by atomic mass is 16.5. The van der Waals surface area contributed by atoms with Crippen LogP contribution in [-0.2, 0) is 19.1 Å². The molecule has 0 bridgehead atoms. The Labute approximate surface area is 164 Å². The summed E-state index contributed by atoms with van der Waals surface area (Å²) >= 11 is 0. The van der Waals surface area contributed by atoms with Crippen LogP contribution < -0.4 is 5.32 Å². The van der Waals surface area contributed by atoms with Crippen LogP contribution in [0.2, 0.25) is 0 Å².